The maximum Gasteiger partial charge on any atom is 0.251 e. The molecule has 25 heavy (non-hydrogen) atoms. The Bertz CT molecular complexity index is 863. The average Bonchev–Trinajstić information content (AvgIpc) is 2.56. The quantitative estimate of drug-likeness (QED) is 0.829. The zero-order valence-corrected chi connectivity index (χ0v) is 15.8. The number of rotatable bonds is 6. The van der Waals surface area contributed by atoms with E-state index in [9.17, 15) is 13.2 Å². The fraction of sp³-hybridized carbons (Fsp3) is 0.278. The van der Waals surface area contributed by atoms with Gasteiger partial charge in [0.2, 0.25) is 0 Å². The molecule has 0 aromatic heterocycles. The van der Waals surface area contributed by atoms with Gasteiger partial charge in [-0.25, -0.2) is 8.42 Å². The van der Waals surface area contributed by atoms with Crippen molar-refractivity contribution >= 4 is 27.3 Å². The van der Waals surface area contributed by atoms with Gasteiger partial charge in [0.15, 0.2) is 9.84 Å². The smallest absolute Gasteiger partial charge is 0.251 e. The van der Waals surface area contributed by atoms with Crippen molar-refractivity contribution in [2.45, 2.75) is 24.8 Å². The maximum atomic E-state index is 12.4. The van der Waals surface area contributed by atoms with Crippen LogP contribution in [0.25, 0.3) is 0 Å². The van der Waals surface area contributed by atoms with Gasteiger partial charge in [0.1, 0.15) is 5.75 Å². The molecule has 1 unspecified atom stereocenters. The van der Waals surface area contributed by atoms with Crippen LogP contribution in [0.5, 0.6) is 5.75 Å². The maximum absolute atomic E-state index is 12.4. The van der Waals surface area contributed by atoms with Crippen molar-refractivity contribution in [2.24, 2.45) is 0 Å². The van der Waals surface area contributed by atoms with Gasteiger partial charge in [-0.1, -0.05) is 23.7 Å². The summed E-state index contributed by atoms with van der Waals surface area (Å²) in [5.41, 5.74) is 1.23. The summed E-state index contributed by atoms with van der Waals surface area (Å²) in [6.07, 6.45) is 1.16. The van der Waals surface area contributed by atoms with Crippen LogP contribution in [0.1, 0.15) is 35.8 Å². The number of benzene rings is 2. The van der Waals surface area contributed by atoms with E-state index >= 15 is 0 Å². The van der Waals surface area contributed by atoms with Crippen LogP contribution in [0.4, 0.5) is 0 Å². The van der Waals surface area contributed by atoms with E-state index in [2.05, 4.69) is 5.32 Å². The van der Waals surface area contributed by atoms with Crippen molar-refractivity contribution in [3.8, 4) is 5.75 Å². The third-order valence-corrected chi connectivity index (χ3v) is 5.07. The number of sulfone groups is 1. The Hall–Kier alpha value is -2.05. The minimum absolute atomic E-state index is 0.244. The Morgan fingerprint density at radius 3 is 2.36 bits per heavy atom. The Morgan fingerprint density at radius 1 is 1.20 bits per heavy atom. The number of ether oxygens (including phenoxy) is 1. The molecule has 0 aliphatic carbocycles. The lowest BCUT2D eigenvalue weighted by Gasteiger charge is -2.15. The lowest BCUT2D eigenvalue weighted by Crippen LogP contribution is -2.26. The van der Waals surface area contributed by atoms with Gasteiger partial charge in [-0.3, -0.25) is 4.79 Å². The second-order valence-electron chi connectivity index (χ2n) is 5.61. The normalized spacial score (nSPS) is 12.5. The fourth-order valence-electron chi connectivity index (χ4n) is 2.28. The fourth-order valence-corrected chi connectivity index (χ4v) is 3.15. The van der Waals surface area contributed by atoms with Crippen LogP contribution in [0.15, 0.2) is 47.4 Å². The van der Waals surface area contributed by atoms with Crippen molar-refractivity contribution in [1.82, 2.24) is 5.32 Å². The van der Waals surface area contributed by atoms with E-state index in [1.165, 1.54) is 12.1 Å². The first-order valence-corrected chi connectivity index (χ1v) is 10.0. The molecule has 0 heterocycles. The summed E-state index contributed by atoms with van der Waals surface area (Å²) < 4.78 is 28.3. The van der Waals surface area contributed by atoms with Crippen LogP contribution >= 0.6 is 11.6 Å². The summed E-state index contributed by atoms with van der Waals surface area (Å²) in [6, 6.07) is 11.0. The second-order valence-corrected chi connectivity index (χ2v) is 8.04. The largest absolute Gasteiger partial charge is 0.492 e. The molecule has 2 aromatic carbocycles. The van der Waals surface area contributed by atoms with Gasteiger partial charge in [0.25, 0.3) is 5.91 Å². The summed E-state index contributed by atoms with van der Waals surface area (Å²) >= 11 is 6.10. The van der Waals surface area contributed by atoms with Crippen molar-refractivity contribution in [2.75, 3.05) is 12.9 Å². The lowest BCUT2D eigenvalue weighted by molar-refractivity contribution is 0.0940. The topological polar surface area (TPSA) is 72.5 Å². The molecule has 134 valence electrons. The summed E-state index contributed by atoms with van der Waals surface area (Å²) in [6.45, 7) is 4.17. The minimum Gasteiger partial charge on any atom is -0.492 e. The highest BCUT2D eigenvalue weighted by Gasteiger charge is 2.14. The lowest BCUT2D eigenvalue weighted by atomic mass is 10.1. The molecule has 0 saturated carbocycles. The molecule has 1 N–H and O–H groups in total. The average molecular weight is 382 g/mol. The highest BCUT2D eigenvalue weighted by molar-refractivity contribution is 7.90. The number of carbonyl (C=O) groups excluding carboxylic acids is 1. The predicted molar refractivity (Wildman–Crippen MR) is 98.1 cm³/mol. The van der Waals surface area contributed by atoms with E-state index in [0.29, 0.717) is 22.9 Å². The van der Waals surface area contributed by atoms with Crippen LogP contribution in [0.2, 0.25) is 5.02 Å². The molecule has 1 atom stereocenters. The van der Waals surface area contributed by atoms with Crippen LogP contribution in [-0.2, 0) is 9.84 Å². The SMILES string of the molecule is CCOc1ccc(C(=O)NC(C)c2ccc(S(C)(=O)=O)cc2)cc1Cl. The molecule has 2 aromatic rings. The molecular weight excluding hydrogens is 362 g/mol. The number of amides is 1. The van der Waals surface area contributed by atoms with E-state index in [1.54, 1.807) is 30.3 Å². The van der Waals surface area contributed by atoms with E-state index in [4.69, 9.17) is 16.3 Å². The molecule has 0 aliphatic heterocycles. The Kier molecular flexibility index (Phi) is 6.08. The van der Waals surface area contributed by atoms with Crippen LogP contribution in [-0.4, -0.2) is 27.2 Å². The van der Waals surface area contributed by atoms with Crippen LogP contribution in [0, 0.1) is 0 Å². The standard InChI is InChI=1S/C18H20ClNO4S/c1-4-24-17-10-7-14(11-16(17)19)18(21)20-12(2)13-5-8-15(9-6-13)25(3,22)23/h5-12H,4H2,1-3H3,(H,20,21). The zero-order valence-electron chi connectivity index (χ0n) is 14.2. The number of hydrogen-bond acceptors (Lipinski definition) is 4. The van der Waals surface area contributed by atoms with Crippen molar-refractivity contribution in [3.63, 3.8) is 0 Å². The summed E-state index contributed by atoms with van der Waals surface area (Å²) in [4.78, 5) is 12.6. The Morgan fingerprint density at radius 2 is 1.84 bits per heavy atom. The van der Waals surface area contributed by atoms with Crippen molar-refractivity contribution < 1.29 is 17.9 Å². The summed E-state index contributed by atoms with van der Waals surface area (Å²) in [5.74, 6) is 0.259. The second kappa shape index (κ2) is 7.89. The van der Waals surface area contributed by atoms with E-state index in [1.807, 2.05) is 13.8 Å². The highest BCUT2D eigenvalue weighted by atomic mass is 35.5. The van der Waals surface area contributed by atoms with Gasteiger partial charge >= 0.3 is 0 Å². The molecule has 7 heteroatoms. The first kappa shape index (κ1) is 19.3. The minimum atomic E-state index is -3.24. The van der Waals surface area contributed by atoms with E-state index < -0.39 is 9.84 Å². The molecule has 0 aliphatic rings. The molecule has 5 nitrogen and oxygen atoms in total. The monoisotopic (exact) mass is 381 g/mol. The molecule has 0 fully saturated rings. The molecule has 1 amide bonds. The van der Waals surface area contributed by atoms with Gasteiger partial charge in [0, 0.05) is 11.8 Å². The third-order valence-electron chi connectivity index (χ3n) is 3.65. The van der Waals surface area contributed by atoms with Gasteiger partial charge in [0.05, 0.1) is 22.6 Å². The Labute approximate surface area is 152 Å². The Balaban J connectivity index is 2.10. The molecular formula is C18H20ClNO4S. The number of nitrogens with one attached hydrogen (secondary N) is 1. The molecule has 0 bridgehead atoms. The zero-order chi connectivity index (χ0) is 18.6. The third kappa shape index (κ3) is 4.96. The first-order valence-electron chi connectivity index (χ1n) is 7.75. The van der Waals surface area contributed by atoms with Gasteiger partial charge < -0.3 is 10.1 Å². The first-order chi connectivity index (χ1) is 11.7. The predicted octanol–water partition coefficient (Wildman–Crippen LogP) is 3.63. The van der Waals surface area contributed by atoms with Gasteiger partial charge in [-0.05, 0) is 49.7 Å². The van der Waals surface area contributed by atoms with E-state index in [-0.39, 0.29) is 16.8 Å². The molecule has 0 spiro atoms. The van der Waals surface area contributed by atoms with Gasteiger partial charge in [-0.2, -0.15) is 0 Å². The highest BCUT2D eigenvalue weighted by Crippen LogP contribution is 2.26. The van der Waals surface area contributed by atoms with Crippen molar-refractivity contribution in [1.29, 1.82) is 0 Å². The number of carbonyl (C=O) groups is 1. The number of hydrogen-bond donors (Lipinski definition) is 1. The van der Waals surface area contributed by atoms with Crippen LogP contribution < -0.4 is 10.1 Å². The van der Waals surface area contributed by atoms with Crippen molar-refractivity contribution in [3.05, 3.63) is 58.6 Å². The molecule has 2 rings (SSSR count). The van der Waals surface area contributed by atoms with E-state index in [0.717, 1.165) is 11.8 Å². The summed E-state index contributed by atoms with van der Waals surface area (Å²) in [7, 11) is -3.24. The number of halogens is 1. The van der Waals surface area contributed by atoms with Crippen LogP contribution in [0.3, 0.4) is 0 Å². The summed E-state index contributed by atoms with van der Waals surface area (Å²) in [5, 5.41) is 3.24. The molecule has 0 saturated heterocycles. The molecule has 0 radical (unpaired) electrons. The van der Waals surface area contributed by atoms with Gasteiger partial charge in [-0.15, -0.1) is 0 Å².